The number of benzene rings is 3. The summed E-state index contributed by atoms with van der Waals surface area (Å²) in [7, 11) is 1.62. The number of nitrogens with one attached hydrogen (secondary N) is 3. The van der Waals surface area contributed by atoms with Crippen LogP contribution in [0.1, 0.15) is 72.3 Å². The predicted octanol–water partition coefficient (Wildman–Crippen LogP) is 7.41. The van der Waals surface area contributed by atoms with Crippen molar-refractivity contribution in [2.75, 3.05) is 30.8 Å². The van der Waals surface area contributed by atoms with Crippen LogP contribution in [0.2, 0.25) is 0 Å². The molecule has 44 heavy (non-hydrogen) atoms. The van der Waals surface area contributed by atoms with Gasteiger partial charge in [0.2, 0.25) is 0 Å². The molecular formula is C36H43N5O3. The Morgan fingerprint density at radius 1 is 0.955 bits per heavy atom. The molecule has 230 valence electrons. The number of aromatic nitrogens is 2. The first kappa shape index (κ1) is 31.0. The number of Topliss-reactive ketones (excluding diaryl/α,β-unsaturated/α-hetero) is 1. The number of ether oxygens (including phenoxy) is 1. The Labute approximate surface area is 260 Å². The molecule has 1 saturated heterocycles. The minimum atomic E-state index is -0.411. The maximum atomic E-state index is 14.3. The number of anilines is 2. The minimum Gasteiger partial charge on any atom is -0.497 e. The molecule has 0 aliphatic carbocycles. The van der Waals surface area contributed by atoms with Crippen LogP contribution in [0.3, 0.4) is 0 Å². The van der Waals surface area contributed by atoms with E-state index in [-0.39, 0.29) is 17.1 Å². The second kappa shape index (κ2) is 13.1. The van der Waals surface area contributed by atoms with Gasteiger partial charge in [-0.15, -0.1) is 0 Å². The number of nitrogens with zero attached hydrogens (tertiary/aromatic N) is 2. The first-order chi connectivity index (χ1) is 21.0. The average molecular weight is 594 g/mol. The van der Waals surface area contributed by atoms with Crippen molar-refractivity contribution < 1.29 is 14.3 Å². The first-order valence-electron chi connectivity index (χ1n) is 15.3. The van der Waals surface area contributed by atoms with Gasteiger partial charge in [-0.25, -0.2) is 9.48 Å². The quantitative estimate of drug-likeness (QED) is 0.185. The van der Waals surface area contributed by atoms with Gasteiger partial charge in [-0.3, -0.25) is 10.1 Å². The summed E-state index contributed by atoms with van der Waals surface area (Å²) in [6, 6.07) is 22.8. The van der Waals surface area contributed by atoms with Gasteiger partial charge in [0.05, 0.1) is 24.4 Å². The minimum absolute atomic E-state index is 0.0546. The molecule has 1 fully saturated rings. The van der Waals surface area contributed by atoms with E-state index >= 15 is 0 Å². The van der Waals surface area contributed by atoms with Gasteiger partial charge >= 0.3 is 6.03 Å². The Kier molecular flexibility index (Phi) is 9.20. The SMILES string of the molecule is COc1ccc(C(=O)C(c2ccccc2NC(=O)Nc2cc(C(C)(C)C)nn2-c2ccc(C)cc2)C2CCNCC2)c(C)c1. The van der Waals surface area contributed by atoms with Crippen LogP contribution < -0.4 is 20.7 Å². The lowest BCUT2D eigenvalue weighted by molar-refractivity contribution is 0.0915. The van der Waals surface area contributed by atoms with Gasteiger partial charge in [-0.1, -0.05) is 56.7 Å². The smallest absolute Gasteiger partial charge is 0.324 e. The number of aryl methyl sites for hydroxylation is 2. The highest BCUT2D eigenvalue weighted by Crippen LogP contribution is 2.39. The normalized spacial score (nSPS) is 14.6. The zero-order valence-corrected chi connectivity index (χ0v) is 26.5. The molecule has 3 aromatic carbocycles. The van der Waals surface area contributed by atoms with E-state index in [4.69, 9.17) is 9.84 Å². The third-order valence-corrected chi connectivity index (χ3v) is 8.38. The van der Waals surface area contributed by atoms with Gasteiger partial charge in [-0.05, 0) is 93.2 Å². The fourth-order valence-corrected chi connectivity index (χ4v) is 5.87. The lowest BCUT2D eigenvalue weighted by Crippen LogP contribution is -2.34. The number of ketones is 1. The van der Waals surface area contributed by atoms with Crippen molar-refractivity contribution in [3.8, 4) is 11.4 Å². The molecule has 1 aromatic heterocycles. The van der Waals surface area contributed by atoms with E-state index in [0.717, 1.165) is 59.8 Å². The van der Waals surface area contributed by atoms with Gasteiger partial charge in [-0.2, -0.15) is 5.10 Å². The van der Waals surface area contributed by atoms with E-state index in [0.29, 0.717) is 17.1 Å². The van der Waals surface area contributed by atoms with E-state index in [1.54, 1.807) is 11.8 Å². The number of amides is 2. The first-order valence-corrected chi connectivity index (χ1v) is 15.3. The van der Waals surface area contributed by atoms with Gasteiger partial charge in [0.25, 0.3) is 0 Å². The molecule has 1 unspecified atom stereocenters. The van der Waals surface area contributed by atoms with Crippen molar-refractivity contribution >= 4 is 23.3 Å². The Bertz CT molecular complexity index is 1630. The Morgan fingerprint density at radius 2 is 1.66 bits per heavy atom. The molecule has 4 aromatic rings. The Balaban J connectivity index is 1.47. The lowest BCUT2D eigenvalue weighted by atomic mass is 9.75. The second-order valence-corrected chi connectivity index (χ2v) is 12.7. The molecule has 5 rings (SSSR count). The summed E-state index contributed by atoms with van der Waals surface area (Å²) >= 11 is 0. The third-order valence-electron chi connectivity index (χ3n) is 8.38. The summed E-state index contributed by atoms with van der Waals surface area (Å²) < 4.78 is 7.15. The summed E-state index contributed by atoms with van der Waals surface area (Å²) in [5.41, 5.74) is 5.62. The number of rotatable bonds is 8. The lowest BCUT2D eigenvalue weighted by Gasteiger charge is -2.31. The van der Waals surface area contributed by atoms with Crippen molar-refractivity contribution in [3.05, 3.63) is 101 Å². The number of hydrogen-bond donors (Lipinski definition) is 3. The summed E-state index contributed by atoms with van der Waals surface area (Å²) in [6.45, 7) is 12.0. The highest BCUT2D eigenvalue weighted by Gasteiger charge is 2.34. The maximum absolute atomic E-state index is 14.3. The highest BCUT2D eigenvalue weighted by molar-refractivity contribution is 6.05. The number of carbonyl (C=O) groups is 2. The monoisotopic (exact) mass is 593 g/mol. The van der Waals surface area contributed by atoms with Crippen LogP contribution in [0.15, 0.2) is 72.8 Å². The van der Waals surface area contributed by atoms with E-state index in [1.165, 1.54) is 0 Å². The summed E-state index contributed by atoms with van der Waals surface area (Å²) in [4.78, 5) is 27.9. The van der Waals surface area contributed by atoms with Crippen molar-refractivity contribution in [2.24, 2.45) is 5.92 Å². The van der Waals surface area contributed by atoms with Crippen molar-refractivity contribution in [3.63, 3.8) is 0 Å². The molecule has 0 bridgehead atoms. The summed E-state index contributed by atoms with van der Waals surface area (Å²) in [6.07, 6.45) is 1.74. The van der Waals surface area contributed by atoms with Crippen LogP contribution in [-0.2, 0) is 5.41 Å². The van der Waals surface area contributed by atoms with E-state index < -0.39 is 11.9 Å². The van der Waals surface area contributed by atoms with Gasteiger partial charge in [0.15, 0.2) is 5.78 Å². The molecule has 0 radical (unpaired) electrons. The molecule has 1 aliphatic heterocycles. The molecule has 1 aliphatic rings. The number of hydrogen-bond acceptors (Lipinski definition) is 5. The number of methoxy groups -OCH3 is 1. The van der Waals surface area contributed by atoms with Crippen LogP contribution >= 0.6 is 0 Å². The Hall–Kier alpha value is -4.43. The third kappa shape index (κ3) is 6.86. The molecule has 2 heterocycles. The maximum Gasteiger partial charge on any atom is 0.324 e. The van der Waals surface area contributed by atoms with Gasteiger partial charge in [0, 0.05) is 22.7 Å². The zero-order chi connectivity index (χ0) is 31.4. The van der Waals surface area contributed by atoms with Gasteiger partial charge < -0.3 is 15.4 Å². The summed E-state index contributed by atoms with van der Waals surface area (Å²) in [5, 5.41) is 14.4. The number of carbonyl (C=O) groups excluding carboxylic acids is 2. The Morgan fingerprint density at radius 3 is 2.32 bits per heavy atom. The zero-order valence-electron chi connectivity index (χ0n) is 26.5. The van der Waals surface area contributed by atoms with Crippen LogP contribution in [0, 0.1) is 19.8 Å². The summed E-state index contributed by atoms with van der Waals surface area (Å²) in [5.74, 6) is 1.06. The topological polar surface area (TPSA) is 97.3 Å². The number of urea groups is 1. The molecule has 8 heteroatoms. The molecule has 3 N–H and O–H groups in total. The molecule has 0 spiro atoms. The van der Waals surface area contributed by atoms with Gasteiger partial charge in [0.1, 0.15) is 11.6 Å². The molecule has 1 atom stereocenters. The largest absolute Gasteiger partial charge is 0.497 e. The van der Waals surface area contributed by atoms with Crippen LogP contribution in [0.4, 0.5) is 16.3 Å². The second-order valence-electron chi connectivity index (χ2n) is 12.7. The fraction of sp³-hybridized carbons (Fsp3) is 0.361. The van der Waals surface area contributed by atoms with Crippen LogP contribution in [0.5, 0.6) is 5.75 Å². The van der Waals surface area contributed by atoms with E-state index in [2.05, 4.69) is 36.7 Å². The van der Waals surface area contributed by atoms with Crippen molar-refractivity contribution in [2.45, 2.75) is 58.8 Å². The molecule has 0 saturated carbocycles. The average Bonchev–Trinajstić information content (AvgIpc) is 3.43. The fourth-order valence-electron chi connectivity index (χ4n) is 5.87. The van der Waals surface area contributed by atoms with Crippen LogP contribution in [-0.4, -0.2) is 41.8 Å². The van der Waals surface area contributed by atoms with Crippen LogP contribution in [0.25, 0.3) is 5.69 Å². The molecule has 2 amide bonds. The molecule has 8 nitrogen and oxygen atoms in total. The van der Waals surface area contributed by atoms with E-state index in [1.807, 2.05) is 86.6 Å². The standard InChI is InChI=1S/C36H43N5O3/c1-23-11-13-26(14-12-23)41-32(22-31(40-41)36(3,4)5)39-35(43)38-30-10-8-7-9-29(30)33(25-17-19-37-20-18-25)34(42)28-16-15-27(44-6)21-24(28)2/h7-16,21-22,25,33,37H,17-20H2,1-6H3,(H2,38,39,43). The number of para-hydroxylation sites is 1. The van der Waals surface area contributed by atoms with Crippen molar-refractivity contribution in [1.82, 2.24) is 15.1 Å². The highest BCUT2D eigenvalue weighted by atomic mass is 16.5. The van der Waals surface area contributed by atoms with E-state index in [9.17, 15) is 9.59 Å². The molecular weight excluding hydrogens is 550 g/mol. The number of piperidine rings is 1. The van der Waals surface area contributed by atoms with Crippen molar-refractivity contribution in [1.29, 1.82) is 0 Å². The predicted molar refractivity (Wildman–Crippen MR) is 176 cm³/mol.